The van der Waals surface area contributed by atoms with Crippen molar-refractivity contribution in [2.24, 2.45) is 0 Å². The second-order valence-electron chi connectivity index (χ2n) is 9.57. The van der Waals surface area contributed by atoms with Gasteiger partial charge >= 0.3 is 5.92 Å². The summed E-state index contributed by atoms with van der Waals surface area (Å²) in [4.78, 5) is 18.8. The predicted octanol–water partition coefficient (Wildman–Crippen LogP) is 4.20. The number of pyridine rings is 1. The molecule has 1 amide bonds. The van der Waals surface area contributed by atoms with Crippen LogP contribution in [0.3, 0.4) is 0 Å². The predicted molar refractivity (Wildman–Crippen MR) is 133 cm³/mol. The van der Waals surface area contributed by atoms with E-state index in [1.54, 1.807) is 0 Å². The maximum atomic E-state index is 15.3. The molecule has 1 aromatic heterocycles. The molecular weight excluding hydrogens is 518 g/mol. The van der Waals surface area contributed by atoms with E-state index in [2.05, 4.69) is 10.3 Å². The average molecular weight is 546 g/mol. The molecule has 2 aliphatic rings. The third-order valence-corrected chi connectivity index (χ3v) is 6.87. The molecule has 2 aliphatic heterocycles. The Hall–Kier alpha value is -3.70. The van der Waals surface area contributed by atoms with Gasteiger partial charge in [0.05, 0.1) is 17.9 Å². The average Bonchev–Trinajstić information content (AvgIpc) is 3.46. The Kier molecular flexibility index (Phi) is 7.72. The number of nitrogens with one attached hydrogen (secondary N) is 1. The van der Waals surface area contributed by atoms with Crippen LogP contribution < -0.4 is 14.8 Å². The first kappa shape index (κ1) is 26.9. The lowest BCUT2D eigenvalue weighted by molar-refractivity contribution is -0.149. The molecule has 3 heterocycles. The van der Waals surface area contributed by atoms with Crippen LogP contribution >= 0.6 is 0 Å². The number of halogens is 4. The molecule has 7 nitrogen and oxygen atoms in total. The van der Waals surface area contributed by atoms with Gasteiger partial charge in [-0.2, -0.15) is 8.78 Å². The Balaban J connectivity index is 1.36. The molecule has 1 fully saturated rings. The van der Waals surface area contributed by atoms with Gasteiger partial charge in [0.25, 0.3) is 5.91 Å². The van der Waals surface area contributed by atoms with Crippen molar-refractivity contribution in [3.63, 3.8) is 0 Å². The number of aliphatic hydroxyl groups excluding tert-OH is 1. The minimum absolute atomic E-state index is 0.0701. The summed E-state index contributed by atoms with van der Waals surface area (Å²) in [5.74, 6) is -6.80. The highest BCUT2D eigenvalue weighted by Crippen LogP contribution is 2.37. The first-order valence-corrected chi connectivity index (χ1v) is 12.6. The summed E-state index contributed by atoms with van der Waals surface area (Å²) in [6.45, 7) is 1.83. The molecule has 0 aliphatic carbocycles. The van der Waals surface area contributed by atoms with Gasteiger partial charge in [0, 0.05) is 17.7 Å². The molecule has 0 radical (unpaired) electrons. The highest BCUT2D eigenvalue weighted by Gasteiger charge is 2.43. The zero-order valence-corrected chi connectivity index (χ0v) is 20.9. The molecule has 39 heavy (non-hydrogen) atoms. The summed E-state index contributed by atoms with van der Waals surface area (Å²) < 4.78 is 69.1. The van der Waals surface area contributed by atoms with Crippen LogP contribution in [0.5, 0.6) is 11.5 Å². The Morgan fingerprint density at radius 2 is 1.77 bits per heavy atom. The fraction of sp³-hybridized carbons (Fsp3) is 0.357. The number of aromatic nitrogens is 1. The molecule has 0 saturated carbocycles. The first-order chi connectivity index (χ1) is 18.7. The van der Waals surface area contributed by atoms with Gasteiger partial charge in [0.2, 0.25) is 0 Å². The van der Waals surface area contributed by atoms with E-state index in [9.17, 15) is 18.7 Å². The molecular formula is C28H27F4N3O4. The number of rotatable bonds is 8. The van der Waals surface area contributed by atoms with E-state index in [4.69, 9.17) is 9.47 Å². The summed E-state index contributed by atoms with van der Waals surface area (Å²) in [7, 11) is 0. The summed E-state index contributed by atoms with van der Waals surface area (Å²) >= 11 is 0. The fourth-order valence-electron chi connectivity index (χ4n) is 4.79. The van der Waals surface area contributed by atoms with Gasteiger partial charge in [0.15, 0.2) is 17.3 Å². The van der Waals surface area contributed by atoms with E-state index in [0.29, 0.717) is 24.3 Å². The van der Waals surface area contributed by atoms with Crippen LogP contribution in [-0.4, -0.2) is 59.8 Å². The van der Waals surface area contributed by atoms with Crippen molar-refractivity contribution < 1.29 is 36.9 Å². The first-order valence-electron chi connectivity index (χ1n) is 12.6. The van der Waals surface area contributed by atoms with E-state index < -0.39 is 41.2 Å². The molecule has 206 valence electrons. The van der Waals surface area contributed by atoms with Crippen molar-refractivity contribution in [2.75, 3.05) is 32.8 Å². The van der Waals surface area contributed by atoms with Crippen LogP contribution in [0.25, 0.3) is 11.3 Å². The Morgan fingerprint density at radius 3 is 2.46 bits per heavy atom. The van der Waals surface area contributed by atoms with Crippen LogP contribution in [0, 0.1) is 11.6 Å². The smallest absolute Gasteiger partial charge is 0.349 e. The number of hydrogen-bond donors (Lipinski definition) is 2. The lowest BCUT2D eigenvalue weighted by Crippen LogP contribution is -2.51. The molecule has 3 aromatic rings. The standard InChI is InChI=1S/C28H27F4N3O4/c29-20-7-8-22(33-15-20)17-3-5-19(6-4-17)28(31,32)27(37)34-23(16-35-9-1-2-10-35)25(36)18-13-21(30)26-24(14-18)38-11-12-39-26/h3-8,13-15,23,25,36H,1-2,9-12,16H2,(H,34,37). The van der Waals surface area contributed by atoms with Gasteiger partial charge in [-0.1, -0.05) is 24.3 Å². The maximum absolute atomic E-state index is 15.3. The Labute approximate surface area is 222 Å². The third kappa shape index (κ3) is 5.84. The number of aliphatic hydroxyl groups is 1. The van der Waals surface area contributed by atoms with Gasteiger partial charge in [-0.05, 0) is 55.8 Å². The summed E-state index contributed by atoms with van der Waals surface area (Å²) in [6.07, 6.45) is 1.33. The minimum Gasteiger partial charge on any atom is -0.486 e. The Bertz CT molecular complexity index is 1320. The number of hydrogen-bond acceptors (Lipinski definition) is 6. The van der Waals surface area contributed by atoms with Crippen molar-refractivity contribution in [3.8, 4) is 22.8 Å². The summed E-state index contributed by atoms with van der Waals surface area (Å²) in [5, 5.41) is 13.5. The molecule has 11 heteroatoms. The second-order valence-corrected chi connectivity index (χ2v) is 9.57. The number of alkyl halides is 2. The van der Waals surface area contributed by atoms with Gasteiger partial charge in [-0.15, -0.1) is 0 Å². The molecule has 5 rings (SSSR count). The highest BCUT2D eigenvalue weighted by molar-refractivity contribution is 5.85. The third-order valence-electron chi connectivity index (χ3n) is 6.87. The lowest BCUT2D eigenvalue weighted by Gasteiger charge is -2.30. The van der Waals surface area contributed by atoms with E-state index in [1.807, 2.05) is 4.90 Å². The number of amides is 1. The van der Waals surface area contributed by atoms with Crippen LogP contribution in [0.15, 0.2) is 54.7 Å². The topological polar surface area (TPSA) is 83.9 Å². The van der Waals surface area contributed by atoms with E-state index in [0.717, 1.165) is 37.2 Å². The second kappa shape index (κ2) is 11.2. The number of fused-ring (bicyclic) bond motifs is 1. The molecule has 2 N–H and O–H groups in total. The van der Waals surface area contributed by atoms with Crippen LogP contribution in [-0.2, 0) is 10.7 Å². The normalized spacial score (nSPS) is 17.1. The van der Waals surface area contributed by atoms with Crippen molar-refractivity contribution in [1.29, 1.82) is 0 Å². The molecule has 2 aromatic carbocycles. The van der Waals surface area contributed by atoms with E-state index >= 15 is 8.78 Å². The summed E-state index contributed by atoms with van der Waals surface area (Å²) in [5.41, 5.74) is 0.362. The minimum atomic E-state index is -3.93. The molecule has 2 unspecified atom stereocenters. The molecule has 2 atom stereocenters. The van der Waals surface area contributed by atoms with E-state index in [1.165, 1.54) is 30.3 Å². The number of carbonyl (C=O) groups excluding carboxylic acids is 1. The number of nitrogens with zero attached hydrogens (tertiary/aromatic N) is 2. The van der Waals surface area contributed by atoms with Crippen molar-refractivity contribution in [2.45, 2.75) is 30.9 Å². The summed E-state index contributed by atoms with van der Waals surface area (Å²) in [6, 6.07) is 8.84. The van der Waals surface area contributed by atoms with Crippen molar-refractivity contribution in [3.05, 3.63) is 77.5 Å². The quantitative estimate of drug-likeness (QED) is 0.413. The monoisotopic (exact) mass is 545 g/mol. The highest BCUT2D eigenvalue weighted by atomic mass is 19.3. The number of carbonyl (C=O) groups is 1. The van der Waals surface area contributed by atoms with Crippen molar-refractivity contribution >= 4 is 5.91 Å². The number of benzene rings is 2. The van der Waals surface area contributed by atoms with Crippen LogP contribution in [0.2, 0.25) is 0 Å². The largest absolute Gasteiger partial charge is 0.486 e. The zero-order chi connectivity index (χ0) is 27.6. The van der Waals surface area contributed by atoms with Gasteiger partial charge < -0.3 is 24.8 Å². The SMILES string of the molecule is O=C(NC(CN1CCCC1)C(O)c1cc(F)c2c(c1)OCCO2)C(F)(F)c1ccc(-c2ccc(F)cn2)cc1. The number of likely N-dealkylation sites (tertiary alicyclic amines) is 1. The molecule has 0 bridgehead atoms. The van der Waals surface area contributed by atoms with Gasteiger partial charge in [-0.3, -0.25) is 9.78 Å². The number of ether oxygens (including phenoxy) is 2. The lowest BCUT2D eigenvalue weighted by atomic mass is 9.99. The van der Waals surface area contributed by atoms with E-state index in [-0.39, 0.29) is 36.8 Å². The fourth-order valence-corrected chi connectivity index (χ4v) is 4.79. The Morgan fingerprint density at radius 1 is 1.05 bits per heavy atom. The molecule has 1 saturated heterocycles. The zero-order valence-electron chi connectivity index (χ0n) is 20.9. The van der Waals surface area contributed by atoms with Crippen LogP contribution in [0.4, 0.5) is 17.6 Å². The molecule has 0 spiro atoms. The van der Waals surface area contributed by atoms with Crippen molar-refractivity contribution in [1.82, 2.24) is 15.2 Å². The van der Waals surface area contributed by atoms with Crippen LogP contribution in [0.1, 0.15) is 30.1 Å². The van der Waals surface area contributed by atoms with Gasteiger partial charge in [-0.25, -0.2) is 8.78 Å². The van der Waals surface area contributed by atoms with Gasteiger partial charge in [0.1, 0.15) is 25.1 Å². The maximum Gasteiger partial charge on any atom is 0.349 e.